The van der Waals surface area contributed by atoms with Crippen molar-refractivity contribution in [1.29, 1.82) is 0 Å². The second-order valence-corrected chi connectivity index (χ2v) is 8.43. The lowest BCUT2D eigenvalue weighted by molar-refractivity contribution is -0.125. The molecule has 1 aromatic carbocycles. The first-order chi connectivity index (χ1) is 12.5. The number of nitrogens with one attached hydrogen (secondary N) is 1. The first kappa shape index (κ1) is 19.4. The average Bonchev–Trinajstić information content (AvgIpc) is 3.08. The highest BCUT2D eigenvalue weighted by Crippen LogP contribution is 2.21. The fourth-order valence-electron chi connectivity index (χ4n) is 4.32. The van der Waals surface area contributed by atoms with Crippen LogP contribution in [0.15, 0.2) is 24.3 Å². The number of rotatable bonds is 6. The fraction of sp³-hybridized carbons (Fsp3) is 0.682. The Morgan fingerprint density at radius 2 is 2.00 bits per heavy atom. The van der Waals surface area contributed by atoms with Gasteiger partial charge in [-0.15, -0.1) is 0 Å². The van der Waals surface area contributed by atoms with Crippen LogP contribution in [0.3, 0.4) is 0 Å². The quantitative estimate of drug-likeness (QED) is 0.849. The van der Waals surface area contributed by atoms with Crippen molar-refractivity contribution in [3.05, 3.63) is 35.4 Å². The van der Waals surface area contributed by atoms with Gasteiger partial charge in [0.1, 0.15) is 0 Å². The van der Waals surface area contributed by atoms with Crippen molar-refractivity contribution in [2.75, 3.05) is 26.2 Å². The Hall–Kier alpha value is -1.39. The zero-order chi connectivity index (χ0) is 18.5. The minimum absolute atomic E-state index is 0.0316. The number of hydrogen-bond acceptors (Lipinski definition) is 3. The van der Waals surface area contributed by atoms with Crippen molar-refractivity contribution in [2.24, 2.45) is 5.92 Å². The van der Waals surface area contributed by atoms with E-state index in [0.29, 0.717) is 6.04 Å². The van der Waals surface area contributed by atoms with Gasteiger partial charge in [-0.1, -0.05) is 36.8 Å². The summed E-state index contributed by atoms with van der Waals surface area (Å²) >= 11 is 0. The summed E-state index contributed by atoms with van der Waals surface area (Å²) in [5.74, 6) is 1.06. The predicted octanol–water partition coefficient (Wildman–Crippen LogP) is 3.20. The maximum Gasteiger partial charge on any atom is 0.237 e. The van der Waals surface area contributed by atoms with Crippen molar-refractivity contribution in [3.63, 3.8) is 0 Å². The maximum absolute atomic E-state index is 12.8. The van der Waals surface area contributed by atoms with E-state index in [9.17, 15) is 4.79 Å². The van der Waals surface area contributed by atoms with Crippen LogP contribution >= 0.6 is 0 Å². The number of carbonyl (C=O) groups excluding carboxylic acids is 1. The largest absolute Gasteiger partial charge is 0.353 e. The van der Waals surface area contributed by atoms with Crippen molar-refractivity contribution < 1.29 is 4.79 Å². The van der Waals surface area contributed by atoms with Gasteiger partial charge in [0.05, 0.1) is 6.04 Å². The molecule has 1 amide bonds. The third-order valence-corrected chi connectivity index (χ3v) is 6.15. The Balaban J connectivity index is 1.48. The van der Waals surface area contributed by atoms with E-state index in [2.05, 4.69) is 60.2 Å². The number of likely N-dealkylation sites (tertiary alicyclic amines) is 2. The lowest BCUT2D eigenvalue weighted by atomic mass is 9.98. The number of carbonyl (C=O) groups is 1. The average molecular weight is 358 g/mol. The molecule has 26 heavy (non-hydrogen) atoms. The number of piperidine rings is 1. The second kappa shape index (κ2) is 9.01. The van der Waals surface area contributed by atoms with Gasteiger partial charge in [0, 0.05) is 19.1 Å². The lowest BCUT2D eigenvalue weighted by Gasteiger charge is -2.35. The molecule has 4 heteroatoms. The van der Waals surface area contributed by atoms with E-state index in [4.69, 9.17) is 0 Å². The number of aryl methyl sites for hydroxylation is 1. The van der Waals surface area contributed by atoms with E-state index in [-0.39, 0.29) is 11.9 Å². The molecule has 2 fully saturated rings. The summed E-state index contributed by atoms with van der Waals surface area (Å²) in [6.07, 6.45) is 4.66. The van der Waals surface area contributed by atoms with E-state index in [1.807, 2.05) is 0 Å². The molecule has 4 nitrogen and oxygen atoms in total. The zero-order valence-electron chi connectivity index (χ0n) is 16.7. The van der Waals surface area contributed by atoms with Crippen LogP contribution in [0.4, 0.5) is 0 Å². The van der Waals surface area contributed by atoms with Gasteiger partial charge in [0.2, 0.25) is 5.91 Å². The topological polar surface area (TPSA) is 35.6 Å². The molecular formula is C22H35N3O. The second-order valence-electron chi connectivity index (χ2n) is 8.43. The molecule has 0 aliphatic carbocycles. The third kappa shape index (κ3) is 5.08. The van der Waals surface area contributed by atoms with Gasteiger partial charge >= 0.3 is 0 Å². The molecule has 0 aromatic heterocycles. The molecule has 2 heterocycles. The molecule has 3 rings (SSSR count). The summed E-state index contributed by atoms with van der Waals surface area (Å²) in [7, 11) is 0. The molecule has 0 spiro atoms. The summed E-state index contributed by atoms with van der Waals surface area (Å²) in [5, 5.41) is 3.24. The molecule has 0 saturated carbocycles. The van der Waals surface area contributed by atoms with Gasteiger partial charge in [0.25, 0.3) is 0 Å². The Morgan fingerprint density at radius 3 is 2.73 bits per heavy atom. The van der Waals surface area contributed by atoms with Gasteiger partial charge in [-0.3, -0.25) is 14.6 Å². The van der Waals surface area contributed by atoms with Crippen LogP contribution in [0, 0.1) is 12.8 Å². The number of benzene rings is 1. The third-order valence-electron chi connectivity index (χ3n) is 6.15. The predicted molar refractivity (Wildman–Crippen MR) is 107 cm³/mol. The molecule has 2 aliphatic rings. The smallest absolute Gasteiger partial charge is 0.237 e. The van der Waals surface area contributed by atoms with Crippen LogP contribution < -0.4 is 5.32 Å². The van der Waals surface area contributed by atoms with Gasteiger partial charge in [-0.05, 0) is 70.6 Å². The summed E-state index contributed by atoms with van der Waals surface area (Å²) < 4.78 is 0. The van der Waals surface area contributed by atoms with Gasteiger partial charge in [-0.2, -0.15) is 0 Å². The van der Waals surface area contributed by atoms with Crippen molar-refractivity contribution >= 4 is 5.91 Å². The first-order valence-electron chi connectivity index (χ1n) is 10.3. The Labute approximate surface area is 158 Å². The van der Waals surface area contributed by atoms with Crippen LogP contribution in [-0.4, -0.2) is 54.0 Å². The van der Waals surface area contributed by atoms with Gasteiger partial charge in [-0.25, -0.2) is 0 Å². The molecule has 2 aliphatic heterocycles. The van der Waals surface area contributed by atoms with Crippen LogP contribution in [0.1, 0.15) is 50.7 Å². The Kier molecular flexibility index (Phi) is 6.71. The Bertz CT molecular complexity index is 595. The van der Waals surface area contributed by atoms with Crippen LogP contribution in [0.2, 0.25) is 0 Å². The highest BCUT2D eigenvalue weighted by atomic mass is 16.2. The first-order valence-corrected chi connectivity index (χ1v) is 10.3. The molecule has 1 aromatic rings. The highest BCUT2D eigenvalue weighted by Gasteiger charge is 2.31. The minimum atomic E-state index is 0.0316. The van der Waals surface area contributed by atoms with E-state index >= 15 is 0 Å². The van der Waals surface area contributed by atoms with Crippen LogP contribution in [0.25, 0.3) is 0 Å². The molecule has 2 saturated heterocycles. The molecular weight excluding hydrogens is 322 g/mol. The van der Waals surface area contributed by atoms with Crippen LogP contribution in [-0.2, 0) is 11.3 Å². The normalized spacial score (nSPS) is 23.9. The molecule has 2 atom stereocenters. The summed E-state index contributed by atoms with van der Waals surface area (Å²) in [6.45, 7) is 11.7. The number of nitrogens with zero attached hydrogens (tertiary/aromatic N) is 2. The van der Waals surface area contributed by atoms with Crippen molar-refractivity contribution in [2.45, 2.75) is 65.1 Å². The monoisotopic (exact) mass is 357 g/mol. The molecule has 0 radical (unpaired) electrons. The molecule has 0 bridgehead atoms. The van der Waals surface area contributed by atoms with Crippen molar-refractivity contribution in [3.8, 4) is 0 Å². The van der Waals surface area contributed by atoms with E-state index in [1.54, 1.807) is 0 Å². The van der Waals surface area contributed by atoms with E-state index in [1.165, 1.54) is 37.1 Å². The van der Waals surface area contributed by atoms with Gasteiger partial charge in [0.15, 0.2) is 0 Å². The maximum atomic E-state index is 12.8. The molecule has 2 unspecified atom stereocenters. The van der Waals surface area contributed by atoms with Crippen molar-refractivity contribution in [1.82, 2.24) is 15.1 Å². The fourth-order valence-corrected chi connectivity index (χ4v) is 4.32. The SMILES string of the molecule is Cc1cccc(CN2CCCC2C(=O)NCC(C)N2CCC(C)CC2)c1. The summed E-state index contributed by atoms with van der Waals surface area (Å²) in [5.41, 5.74) is 2.59. The van der Waals surface area contributed by atoms with E-state index in [0.717, 1.165) is 38.4 Å². The highest BCUT2D eigenvalue weighted by molar-refractivity contribution is 5.82. The summed E-state index contributed by atoms with van der Waals surface area (Å²) in [6, 6.07) is 9.09. The minimum Gasteiger partial charge on any atom is -0.353 e. The summed E-state index contributed by atoms with van der Waals surface area (Å²) in [4.78, 5) is 17.7. The molecule has 1 N–H and O–H groups in total. The lowest BCUT2D eigenvalue weighted by Crippen LogP contribution is -2.49. The standard InChI is InChI=1S/C22H35N3O/c1-17-9-12-24(13-10-17)19(3)15-23-22(26)21-8-5-11-25(21)16-20-7-4-6-18(2)14-20/h4,6-7,14,17,19,21H,5,8-13,15-16H2,1-3H3,(H,23,26). The zero-order valence-corrected chi connectivity index (χ0v) is 16.7. The number of hydrogen-bond donors (Lipinski definition) is 1. The number of amides is 1. The van der Waals surface area contributed by atoms with Gasteiger partial charge < -0.3 is 5.32 Å². The Morgan fingerprint density at radius 1 is 1.23 bits per heavy atom. The van der Waals surface area contributed by atoms with Crippen LogP contribution in [0.5, 0.6) is 0 Å². The van der Waals surface area contributed by atoms with E-state index < -0.39 is 0 Å². The molecule has 144 valence electrons.